The summed E-state index contributed by atoms with van der Waals surface area (Å²) >= 11 is 1.91. The molecule has 1 aromatic heterocycles. The van der Waals surface area contributed by atoms with Crippen molar-refractivity contribution in [3.63, 3.8) is 0 Å². The Morgan fingerprint density at radius 3 is 2.54 bits per heavy atom. The Hall–Kier alpha value is -1.72. The van der Waals surface area contributed by atoms with Crippen molar-refractivity contribution < 1.29 is 26.3 Å². The Morgan fingerprint density at radius 2 is 1.83 bits per heavy atom. The first-order valence-corrected chi connectivity index (χ1v) is 8.92. The van der Waals surface area contributed by atoms with Crippen LogP contribution in [0.4, 0.5) is 0 Å². The first-order valence-electron chi connectivity index (χ1n) is 7.93. The van der Waals surface area contributed by atoms with Crippen LogP contribution in [0.15, 0.2) is 66.0 Å². The standard InChI is InChI=1S/C19H19N2OS.BrH/c1-2-22-17-10-8-16(9-11-17)21-18(15-6-4-3-5-7-15)14-20-12-13-23-19(20)21;/h3-11,14H,2,12-13H2,1H3;1H/q+1;/p-1. The molecule has 3 aromatic rings. The number of halogens is 1. The van der Waals surface area contributed by atoms with Crippen molar-refractivity contribution in [2.24, 2.45) is 0 Å². The maximum atomic E-state index is 5.57. The lowest BCUT2D eigenvalue weighted by Gasteiger charge is -2.06. The summed E-state index contributed by atoms with van der Waals surface area (Å²) in [6.07, 6.45) is 2.27. The maximum Gasteiger partial charge on any atom is 0.323 e. The zero-order valence-electron chi connectivity index (χ0n) is 13.5. The van der Waals surface area contributed by atoms with Crippen LogP contribution in [0.25, 0.3) is 16.9 Å². The Morgan fingerprint density at radius 1 is 1.08 bits per heavy atom. The minimum atomic E-state index is 0. The fraction of sp³-hybridized carbons (Fsp3) is 0.211. The van der Waals surface area contributed by atoms with E-state index in [2.05, 4.69) is 57.8 Å². The van der Waals surface area contributed by atoms with E-state index in [-0.39, 0.29) is 17.0 Å². The predicted molar refractivity (Wildman–Crippen MR) is 93.3 cm³/mol. The van der Waals surface area contributed by atoms with Gasteiger partial charge in [0, 0.05) is 11.3 Å². The largest absolute Gasteiger partial charge is 1.00 e. The molecule has 124 valence electrons. The molecule has 0 saturated heterocycles. The zero-order valence-corrected chi connectivity index (χ0v) is 15.9. The molecular weight excluding hydrogens is 384 g/mol. The van der Waals surface area contributed by atoms with Crippen molar-refractivity contribution in [1.29, 1.82) is 0 Å². The Bertz CT molecular complexity index is 815. The third-order valence-electron chi connectivity index (χ3n) is 3.99. The van der Waals surface area contributed by atoms with Gasteiger partial charge in [0.05, 0.1) is 6.61 Å². The van der Waals surface area contributed by atoms with Gasteiger partial charge in [-0.3, -0.25) is 0 Å². The highest BCUT2D eigenvalue weighted by atomic mass is 79.9. The quantitative estimate of drug-likeness (QED) is 0.604. The number of imidazole rings is 1. The van der Waals surface area contributed by atoms with Gasteiger partial charge in [-0.2, -0.15) is 4.57 Å². The average molecular weight is 403 g/mol. The summed E-state index contributed by atoms with van der Waals surface area (Å²) in [4.78, 5) is 0. The zero-order chi connectivity index (χ0) is 15.6. The Kier molecular flexibility index (Phi) is 5.31. The molecule has 0 aliphatic carbocycles. The molecule has 0 N–H and O–H groups in total. The summed E-state index contributed by atoms with van der Waals surface area (Å²) in [5, 5.41) is 1.30. The molecule has 1 aliphatic rings. The molecule has 0 unspecified atom stereocenters. The van der Waals surface area contributed by atoms with E-state index in [0.717, 1.165) is 18.0 Å². The normalized spacial score (nSPS) is 12.5. The number of hydrogen-bond acceptors (Lipinski definition) is 2. The van der Waals surface area contributed by atoms with Crippen molar-refractivity contribution in [1.82, 2.24) is 4.57 Å². The van der Waals surface area contributed by atoms with Crippen LogP contribution in [0, 0.1) is 0 Å². The van der Waals surface area contributed by atoms with E-state index in [1.165, 1.54) is 22.1 Å². The van der Waals surface area contributed by atoms with Gasteiger partial charge < -0.3 is 21.7 Å². The van der Waals surface area contributed by atoms with Crippen LogP contribution < -0.4 is 26.3 Å². The number of ether oxygens (including phenoxy) is 1. The first kappa shape index (κ1) is 17.1. The van der Waals surface area contributed by atoms with Gasteiger partial charge in [-0.1, -0.05) is 30.3 Å². The number of nitrogens with zero attached hydrogens (tertiary/aromatic N) is 2. The minimum absolute atomic E-state index is 0. The molecule has 0 amide bonds. The molecule has 4 rings (SSSR count). The molecule has 0 radical (unpaired) electrons. The third kappa shape index (κ3) is 3.10. The van der Waals surface area contributed by atoms with Crippen LogP contribution >= 0.6 is 11.8 Å². The fourth-order valence-corrected chi connectivity index (χ4v) is 4.07. The highest BCUT2D eigenvalue weighted by molar-refractivity contribution is 7.99. The number of hydrogen-bond donors (Lipinski definition) is 0. The molecule has 3 nitrogen and oxygen atoms in total. The van der Waals surface area contributed by atoms with Gasteiger partial charge in [-0.25, -0.2) is 4.57 Å². The second kappa shape index (κ2) is 7.45. The fourth-order valence-electron chi connectivity index (χ4n) is 2.96. The van der Waals surface area contributed by atoms with E-state index in [1.807, 2.05) is 30.8 Å². The number of thioether (sulfide) groups is 1. The minimum Gasteiger partial charge on any atom is -1.00 e. The number of fused-ring (bicyclic) bond motifs is 1. The molecule has 5 heteroatoms. The van der Waals surface area contributed by atoms with E-state index < -0.39 is 0 Å². The summed E-state index contributed by atoms with van der Waals surface area (Å²) in [6, 6.07) is 18.9. The average Bonchev–Trinajstić information content (AvgIpc) is 3.18. The predicted octanol–water partition coefficient (Wildman–Crippen LogP) is 0.940. The summed E-state index contributed by atoms with van der Waals surface area (Å²) in [6.45, 7) is 3.77. The second-order valence-electron chi connectivity index (χ2n) is 5.47. The van der Waals surface area contributed by atoms with Crippen LogP contribution in [0.2, 0.25) is 0 Å². The van der Waals surface area contributed by atoms with Crippen LogP contribution in [0.1, 0.15) is 6.92 Å². The van der Waals surface area contributed by atoms with Crippen molar-refractivity contribution in [2.45, 2.75) is 18.6 Å². The van der Waals surface area contributed by atoms with E-state index >= 15 is 0 Å². The highest BCUT2D eigenvalue weighted by Crippen LogP contribution is 2.31. The lowest BCUT2D eigenvalue weighted by molar-refractivity contribution is -0.723. The van der Waals surface area contributed by atoms with Gasteiger partial charge in [0.25, 0.3) is 0 Å². The molecule has 2 aromatic carbocycles. The molecule has 0 saturated carbocycles. The number of benzene rings is 2. The van der Waals surface area contributed by atoms with Crippen molar-refractivity contribution in [3.05, 3.63) is 60.8 Å². The number of aromatic nitrogens is 2. The summed E-state index contributed by atoms with van der Waals surface area (Å²) in [7, 11) is 0. The van der Waals surface area contributed by atoms with Crippen molar-refractivity contribution in [3.8, 4) is 22.7 Å². The van der Waals surface area contributed by atoms with Gasteiger partial charge in [0.1, 0.15) is 24.2 Å². The maximum absolute atomic E-state index is 5.57. The summed E-state index contributed by atoms with van der Waals surface area (Å²) in [5.41, 5.74) is 3.65. The molecule has 0 bridgehead atoms. The second-order valence-corrected chi connectivity index (χ2v) is 6.53. The number of rotatable bonds is 4. The van der Waals surface area contributed by atoms with E-state index in [1.54, 1.807) is 0 Å². The topological polar surface area (TPSA) is 18.0 Å². The SMILES string of the molecule is CCOc1ccc(-n2c(-c3ccccc3)c[n+]3c2SCC3)cc1.[Br-]. The Labute approximate surface area is 157 Å². The summed E-state index contributed by atoms with van der Waals surface area (Å²) < 4.78 is 10.3. The van der Waals surface area contributed by atoms with Crippen molar-refractivity contribution in [2.75, 3.05) is 12.4 Å². The molecule has 0 fully saturated rings. The van der Waals surface area contributed by atoms with Gasteiger partial charge >= 0.3 is 5.16 Å². The van der Waals surface area contributed by atoms with Crippen LogP contribution in [0.3, 0.4) is 0 Å². The lowest BCUT2D eigenvalue weighted by Crippen LogP contribution is -3.00. The van der Waals surface area contributed by atoms with E-state index in [9.17, 15) is 0 Å². The Balaban J connectivity index is 0.00000169. The van der Waals surface area contributed by atoms with Gasteiger partial charge in [0.2, 0.25) is 0 Å². The smallest absolute Gasteiger partial charge is 0.323 e. The monoisotopic (exact) mass is 402 g/mol. The molecule has 2 heterocycles. The number of aryl methyl sites for hydroxylation is 1. The van der Waals surface area contributed by atoms with Gasteiger partial charge in [-0.15, -0.1) is 0 Å². The molecule has 0 spiro atoms. The highest BCUT2D eigenvalue weighted by Gasteiger charge is 2.30. The van der Waals surface area contributed by atoms with Crippen LogP contribution in [0.5, 0.6) is 5.75 Å². The first-order chi connectivity index (χ1) is 11.4. The summed E-state index contributed by atoms with van der Waals surface area (Å²) in [5.74, 6) is 2.06. The molecule has 24 heavy (non-hydrogen) atoms. The molecule has 0 atom stereocenters. The van der Waals surface area contributed by atoms with Gasteiger partial charge in [0.15, 0.2) is 5.69 Å². The van der Waals surface area contributed by atoms with Crippen LogP contribution in [-0.2, 0) is 6.54 Å². The molecular formula is C19H19BrN2OS. The van der Waals surface area contributed by atoms with E-state index in [4.69, 9.17) is 4.74 Å². The third-order valence-corrected chi connectivity index (χ3v) is 5.06. The molecule has 1 aliphatic heterocycles. The van der Waals surface area contributed by atoms with Crippen LogP contribution in [-0.4, -0.2) is 16.9 Å². The lowest BCUT2D eigenvalue weighted by atomic mass is 10.1. The van der Waals surface area contributed by atoms with Crippen molar-refractivity contribution >= 4 is 11.8 Å². The van der Waals surface area contributed by atoms with Gasteiger partial charge in [-0.05, 0) is 43.0 Å². The van der Waals surface area contributed by atoms with E-state index in [0.29, 0.717) is 6.61 Å².